The Morgan fingerprint density at radius 1 is 1.25 bits per heavy atom. The lowest BCUT2D eigenvalue weighted by Crippen LogP contribution is -2.38. The molecule has 110 valence electrons. The predicted molar refractivity (Wildman–Crippen MR) is 71.1 cm³/mol. The van der Waals surface area contributed by atoms with Gasteiger partial charge in [-0.25, -0.2) is 13.6 Å². The van der Waals surface area contributed by atoms with E-state index < -0.39 is 27.9 Å². The second-order valence-corrected chi connectivity index (χ2v) is 5.64. The second kappa shape index (κ2) is 6.46. The first-order valence-electron chi connectivity index (χ1n) is 5.60. The number of sulfonamides is 1. The van der Waals surface area contributed by atoms with Gasteiger partial charge in [-0.3, -0.25) is 9.59 Å². The topological polar surface area (TPSA) is 139 Å². The number of nitrogens with two attached hydrogens (primary N) is 1. The van der Waals surface area contributed by atoms with Crippen molar-refractivity contribution in [3.8, 4) is 0 Å². The molecular weight excluding hydrogens is 286 g/mol. The van der Waals surface area contributed by atoms with Crippen molar-refractivity contribution in [2.24, 2.45) is 5.14 Å². The quantitative estimate of drug-likeness (QED) is 0.516. The highest BCUT2D eigenvalue weighted by atomic mass is 32.2. The first kappa shape index (κ1) is 16.1. The van der Waals surface area contributed by atoms with E-state index in [4.69, 9.17) is 10.2 Å². The Morgan fingerprint density at radius 3 is 2.25 bits per heavy atom. The van der Waals surface area contributed by atoms with E-state index in [1.165, 1.54) is 31.2 Å². The van der Waals surface area contributed by atoms with Crippen molar-refractivity contribution in [3.63, 3.8) is 0 Å². The fraction of sp³-hybridized carbons (Fsp3) is 0.273. The van der Waals surface area contributed by atoms with Gasteiger partial charge in [0.2, 0.25) is 10.0 Å². The number of primary sulfonamides is 1. The number of benzene rings is 1. The molecule has 20 heavy (non-hydrogen) atoms. The molecular formula is C11H15N3O5S. The Balaban J connectivity index is 2.65. The van der Waals surface area contributed by atoms with E-state index >= 15 is 0 Å². The van der Waals surface area contributed by atoms with Crippen molar-refractivity contribution < 1.29 is 23.1 Å². The molecule has 9 heteroatoms. The Hall–Kier alpha value is -1.97. The van der Waals surface area contributed by atoms with E-state index in [9.17, 15) is 18.0 Å². The molecule has 8 nitrogen and oxygen atoms in total. The van der Waals surface area contributed by atoms with E-state index in [0.717, 1.165) is 0 Å². The van der Waals surface area contributed by atoms with Crippen LogP contribution in [0.5, 0.6) is 0 Å². The number of hydrogen-bond donors (Lipinski definition) is 4. The molecule has 1 aromatic rings. The average Bonchev–Trinajstić information content (AvgIpc) is 2.35. The summed E-state index contributed by atoms with van der Waals surface area (Å²) in [6.07, 6.45) is -0.763. The first-order chi connectivity index (χ1) is 9.20. The second-order valence-electron chi connectivity index (χ2n) is 4.08. The number of anilines is 1. The number of hydrogen-bond acceptors (Lipinski definition) is 5. The molecule has 0 saturated carbocycles. The van der Waals surface area contributed by atoms with E-state index in [-0.39, 0.29) is 17.1 Å². The van der Waals surface area contributed by atoms with Crippen LogP contribution in [0.3, 0.4) is 0 Å². The van der Waals surface area contributed by atoms with Gasteiger partial charge in [-0.05, 0) is 31.2 Å². The van der Waals surface area contributed by atoms with Crippen LogP contribution in [0.1, 0.15) is 6.92 Å². The lowest BCUT2D eigenvalue weighted by molar-refractivity contribution is -0.136. The van der Waals surface area contributed by atoms with Gasteiger partial charge in [-0.1, -0.05) is 0 Å². The maximum absolute atomic E-state index is 11.5. The normalized spacial score (nSPS) is 12.6. The summed E-state index contributed by atoms with van der Waals surface area (Å²) < 4.78 is 22.1. The van der Waals surface area contributed by atoms with Crippen molar-refractivity contribution in [3.05, 3.63) is 24.3 Å². The molecule has 0 aliphatic carbocycles. The molecule has 1 unspecified atom stereocenters. The molecule has 1 aromatic carbocycles. The molecule has 0 radical (unpaired) electrons. The summed E-state index contributed by atoms with van der Waals surface area (Å²) in [6, 6.07) is 5.02. The van der Waals surface area contributed by atoms with Crippen molar-refractivity contribution in [2.45, 2.75) is 17.9 Å². The maximum atomic E-state index is 11.5. The molecule has 0 heterocycles. The SMILES string of the molecule is CC(O)CNC(=O)C(=O)Nc1ccc(S(N)(=O)=O)cc1. The predicted octanol–water partition coefficient (Wildman–Crippen LogP) is -1.23. The van der Waals surface area contributed by atoms with Crippen LogP contribution in [-0.2, 0) is 19.6 Å². The van der Waals surface area contributed by atoms with Crippen LogP contribution in [0.2, 0.25) is 0 Å². The highest BCUT2D eigenvalue weighted by Crippen LogP contribution is 2.12. The van der Waals surface area contributed by atoms with Crippen LogP contribution >= 0.6 is 0 Å². The summed E-state index contributed by atoms with van der Waals surface area (Å²) in [5.74, 6) is -1.82. The zero-order valence-electron chi connectivity index (χ0n) is 10.7. The van der Waals surface area contributed by atoms with Gasteiger partial charge in [0.05, 0.1) is 11.0 Å². The van der Waals surface area contributed by atoms with Crippen LogP contribution in [0, 0.1) is 0 Å². The Morgan fingerprint density at radius 2 is 1.80 bits per heavy atom. The fourth-order valence-electron chi connectivity index (χ4n) is 1.24. The summed E-state index contributed by atoms with van der Waals surface area (Å²) in [5, 5.41) is 18.4. The molecule has 0 aliphatic heterocycles. The number of carbonyl (C=O) groups is 2. The average molecular weight is 301 g/mol. The van der Waals surface area contributed by atoms with Crippen LogP contribution < -0.4 is 15.8 Å². The minimum absolute atomic E-state index is 0.0450. The van der Waals surface area contributed by atoms with Crippen LogP contribution in [0.4, 0.5) is 5.69 Å². The zero-order valence-corrected chi connectivity index (χ0v) is 11.5. The molecule has 0 spiro atoms. The smallest absolute Gasteiger partial charge is 0.313 e. The minimum Gasteiger partial charge on any atom is -0.392 e. The maximum Gasteiger partial charge on any atom is 0.313 e. The Labute approximate surface area is 116 Å². The minimum atomic E-state index is -3.80. The first-order valence-corrected chi connectivity index (χ1v) is 7.15. The molecule has 2 amide bonds. The van der Waals surface area contributed by atoms with Crippen molar-refractivity contribution in [1.82, 2.24) is 5.32 Å². The molecule has 1 atom stereocenters. The highest BCUT2D eigenvalue weighted by molar-refractivity contribution is 7.89. The number of aliphatic hydroxyl groups is 1. The van der Waals surface area contributed by atoms with Crippen molar-refractivity contribution >= 4 is 27.5 Å². The van der Waals surface area contributed by atoms with Crippen LogP contribution in [0.15, 0.2) is 29.2 Å². The summed E-state index contributed by atoms with van der Waals surface area (Å²) in [5.41, 5.74) is 0.245. The van der Waals surface area contributed by atoms with Crippen LogP contribution in [-0.4, -0.2) is 38.0 Å². The van der Waals surface area contributed by atoms with Crippen LogP contribution in [0.25, 0.3) is 0 Å². The van der Waals surface area contributed by atoms with Gasteiger partial charge in [0.25, 0.3) is 0 Å². The van der Waals surface area contributed by atoms with Crippen molar-refractivity contribution in [1.29, 1.82) is 0 Å². The molecule has 5 N–H and O–H groups in total. The highest BCUT2D eigenvalue weighted by Gasteiger charge is 2.14. The third-order valence-electron chi connectivity index (χ3n) is 2.20. The monoisotopic (exact) mass is 301 g/mol. The molecule has 0 aromatic heterocycles. The van der Waals surface area contributed by atoms with Gasteiger partial charge in [-0.2, -0.15) is 0 Å². The van der Waals surface area contributed by atoms with E-state index in [0.29, 0.717) is 0 Å². The summed E-state index contributed by atoms with van der Waals surface area (Å²) in [4.78, 5) is 22.7. The molecule has 0 fully saturated rings. The van der Waals surface area contributed by atoms with Gasteiger partial charge in [-0.15, -0.1) is 0 Å². The standard InChI is InChI=1S/C11H15N3O5S/c1-7(15)6-13-10(16)11(17)14-8-2-4-9(5-3-8)20(12,18)19/h2-5,7,15H,6H2,1H3,(H,13,16)(H,14,17)(H2,12,18,19). The van der Waals surface area contributed by atoms with Gasteiger partial charge < -0.3 is 15.7 Å². The number of carbonyl (C=O) groups excluding carboxylic acids is 2. The fourth-order valence-corrected chi connectivity index (χ4v) is 1.75. The number of rotatable bonds is 4. The molecule has 0 bridgehead atoms. The van der Waals surface area contributed by atoms with E-state index in [1.54, 1.807) is 0 Å². The number of aliphatic hydroxyl groups excluding tert-OH is 1. The third-order valence-corrected chi connectivity index (χ3v) is 3.13. The number of nitrogens with one attached hydrogen (secondary N) is 2. The summed E-state index contributed by atoms with van der Waals surface area (Å²) in [6.45, 7) is 1.42. The molecule has 0 aliphatic rings. The largest absolute Gasteiger partial charge is 0.392 e. The van der Waals surface area contributed by atoms with E-state index in [1.807, 2.05) is 0 Å². The summed E-state index contributed by atoms with van der Waals surface area (Å²) in [7, 11) is -3.80. The lowest BCUT2D eigenvalue weighted by atomic mass is 10.3. The molecule has 1 rings (SSSR count). The van der Waals surface area contributed by atoms with Gasteiger partial charge in [0.15, 0.2) is 0 Å². The summed E-state index contributed by atoms with van der Waals surface area (Å²) >= 11 is 0. The lowest BCUT2D eigenvalue weighted by Gasteiger charge is -2.08. The van der Waals surface area contributed by atoms with Gasteiger partial charge in [0, 0.05) is 12.2 Å². The van der Waals surface area contributed by atoms with Crippen molar-refractivity contribution in [2.75, 3.05) is 11.9 Å². The third kappa shape index (κ3) is 4.96. The number of amides is 2. The molecule has 0 saturated heterocycles. The van der Waals surface area contributed by atoms with E-state index in [2.05, 4.69) is 10.6 Å². The Kier molecular flexibility index (Phi) is 5.19. The van der Waals surface area contributed by atoms with Gasteiger partial charge in [0.1, 0.15) is 0 Å². The van der Waals surface area contributed by atoms with Gasteiger partial charge >= 0.3 is 11.8 Å². The Bertz CT molecular complexity index is 595. The zero-order chi connectivity index (χ0) is 15.3.